The van der Waals surface area contributed by atoms with E-state index < -0.39 is 5.97 Å². The Hall–Kier alpha value is -3.41. The molecule has 1 aliphatic rings. The van der Waals surface area contributed by atoms with E-state index in [1.54, 1.807) is 15.8 Å². The highest BCUT2D eigenvalue weighted by molar-refractivity contribution is 5.97. The fourth-order valence-corrected chi connectivity index (χ4v) is 4.21. The summed E-state index contributed by atoms with van der Waals surface area (Å²) in [6.07, 6.45) is 2.78. The smallest absolute Gasteiger partial charge is 0.342 e. The number of piperidine rings is 1. The molecular formula is C25H27N3O3. The predicted octanol–water partition coefficient (Wildman–Crippen LogP) is 4.20. The summed E-state index contributed by atoms with van der Waals surface area (Å²) in [6, 6.07) is 19.1. The zero-order valence-electron chi connectivity index (χ0n) is 17.9. The third kappa shape index (κ3) is 4.85. The molecular weight excluding hydrogens is 390 g/mol. The Morgan fingerprint density at radius 2 is 1.58 bits per heavy atom. The van der Waals surface area contributed by atoms with Gasteiger partial charge in [-0.2, -0.15) is 5.10 Å². The van der Waals surface area contributed by atoms with E-state index in [-0.39, 0.29) is 12.5 Å². The first-order valence-electron chi connectivity index (χ1n) is 10.7. The third-order valence-electron chi connectivity index (χ3n) is 5.55. The molecule has 0 spiro atoms. The van der Waals surface area contributed by atoms with E-state index >= 15 is 0 Å². The number of esters is 1. The van der Waals surface area contributed by atoms with Crippen LogP contribution in [-0.2, 0) is 9.53 Å². The number of carbonyl (C=O) groups excluding carboxylic acids is 2. The number of rotatable bonds is 5. The molecule has 0 bridgehead atoms. The Morgan fingerprint density at radius 1 is 0.968 bits per heavy atom. The first kappa shape index (κ1) is 20.8. The molecule has 2 aromatic carbocycles. The molecule has 1 saturated heterocycles. The lowest BCUT2D eigenvalue weighted by atomic mass is 9.92. The van der Waals surface area contributed by atoms with Crippen LogP contribution in [0.15, 0.2) is 66.9 Å². The van der Waals surface area contributed by atoms with Crippen LogP contribution in [0.5, 0.6) is 0 Å². The highest BCUT2D eigenvalue weighted by Crippen LogP contribution is 2.25. The molecule has 0 unspecified atom stereocenters. The summed E-state index contributed by atoms with van der Waals surface area (Å²) in [7, 11) is 0. The van der Waals surface area contributed by atoms with Gasteiger partial charge in [-0.15, -0.1) is 0 Å². The molecule has 2 atom stereocenters. The summed E-state index contributed by atoms with van der Waals surface area (Å²) < 4.78 is 7.10. The largest absolute Gasteiger partial charge is 0.452 e. The minimum Gasteiger partial charge on any atom is -0.452 e. The molecule has 6 nitrogen and oxygen atoms in total. The normalized spacial score (nSPS) is 18.6. The van der Waals surface area contributed by atoms with Crippen molar-refractivity contribution in [3.8, 4) is 16.9 Å². The third-order valence-corrected chi connectivity index (χ3v) is 5.55. The summed E-state index contributed by atoms with van der Waals surface area (Å²) in [6.45, 7) is 5.45. The maximum atomic E-state index is 13.0. The van der Waals surface area contributed by atoms with Gasteiger partial charge in [0, 0.05) is 24.8 Å². The maximum absolute atomic E-state index is 13.0. The van der Waals surface area contributed by atoms with E-state index in [0.29, 0.717) is 36.2 Å². The number of likely N-dealkylation sites (tertiary alicyclic amines) is 1. The van der Waals surface area contributed by atoms with Crippen molar-refractivity contribution in [1.82, 2.24) is 14.7 Å². The molecule has 31 heavy (non-hydrogen) atoms. The SMILES string of the molecule is C[C@@H]1C[C@@H](C)CN(C(=O)COC(=O)c2cn(-c3ccccc3)nc2-c2ccccc2)C1. The summed E-state index contributed by atoms with van der Waals surface area (Å²) in [4.78, 5) is 27.4. The molecule has 2 heterocycles. The molecule has 1 aliphatic heterocycles. The van der Waals surface area contributed by atoms with Gasteiger partial charge in [-0.05, 0) is 30.4 Å². The van der Waals surface area contributed by atoms with Gasteiger partial charge in [0.05, 0.1) is 5.69 Å². The first-order chi connectivity index (χ1) is 15.0. The number of amides is 1. The lowest BCUT2D eigenvalue weighted by Crippen LogP contribution is -2.44. The highest BCUT2D eigenvalue weighted by Gasteiger charge is 2.27. The van der Waals surface area contributed by atoms with Crippen LogP contribution >= 0.6 is 0 Å². The predicted molar refractivity (Wildman–Crippen MR) is 119 cm³/mol. The molecule has 1 fully saturated rings. The second-order valence-corrected chi connectivity index (χ2v) is 8.36. The van der Waals surface area contributed by atoms with Crippen LogP contribution in [0.25, 0.3) is 16.9 Å². The fourth-order valence-electron chi connectivity index (χ4n) is 4.21. The van der Waals surface area contributed by atoms with Gasteiger partial charge < -0.3 is 9.64 Å². The van der Waals surface area contributed by atoms with E-state index in [1.165, 1.54) is 0 Å². The van der Waals surface area contributed by atoms with Gasteiger partial charge >= 0.3 is 5.97 Å². The van der Waals surface area contributed by atoms with Gasteiger partial charge in [0.15, 0.2) is 6.61 Å². The molecule has 4 rings (SSSR count). The van der Waals surface area contributed by atoms with Crippen LogP contribution in [0.3, 0.4) is 0 Å². The number of hydrogen-bond acceptors (Lipinski definition) is 4. The summed E-state index contributed by atoms with van der Waals surface area (Å²) in [5.41, 5.74) is 2.52. The minimum absolute atomic E-state index is 0.150. The number of carbonyl (C=O) groups is 2. The van der Waals surface area contributed by atoms with Crippen LogP contribution in [-0.4, -0.2) is 46.3 Å². The lowest BCUT2D eigenvalue weighted by molar-refractivity contribution is -0.137. The van der Waals surface area contributed by atoms with Gasteiger partial charge in [0.1, 0.15) is 11.3 Å². The van der Waals surface area contributed by atoms with Gasteiger partial charge in [-0.25, -0.2) is 9.48 Å². The van der Waals surface area contributed by atoms with Gasteiger partial charge in [0.25, 0.3) is 5.91 Å². The molecule has 0 saturated carbocycles. The van der Waals surface area contributed by atoms with Crippen LogP contribution < -0.4 is 0 Å². The molecule has 1 amide bonds. The maximum Gasteiger partial charge on any atom is 0.342 e. The van der Waals surface area contributed by atoms with Crippen molar-refractivity contribution < 1.29 is 14.3 Å². The Kier molecular flexibility index (Phi) is 6.16. The van der Waals surface area contributed by atoms with Gasteiger partial charge in [-0.1, -0.05) is 62.4 Å². The number of para-hydroxylation sites is 1. The number of aromatic nitrogens is 2. The Morgan fingerprint density at radius 3 is 2.23 bits per heavy atom. The van der Waals surface area contributed by atoms with E-state index in [9.17, 15) is 9.59 Å². The van der Waals surface area contributed by atoms with Crippen molar-refractivity contribution in [2.75, 3.05) is 19.7 Å². The standard InChI is InChI=1S/C25H27N3O3/c1-18-13-19(2)15-27(14-18)23(29)17-31-25(30)22-16-28(21-11-7-4-8-12-21)26-24(22)20-9-5-3-6-10-20/h3-12,16,18-19H,13-15,17H2,1-2H3/t18-,19-/m1/s1. The van der Waals surface area contributed by atoms with E-state index in [4.69, 9.17) is 4.74 Å². The molecule has 0 N–H and O–H groups in total. The molecule has 0 radical (unpaired) electrons. The molecule has 6 heteroatoms. The number of benzene rings is 2. The van der Waals surface area contributed by atoms with Crippen molar-refractivity contribution in [2.24, 2.45) is 11.8 Å². The Balaban J connectivity index is 1.54. The van der Waals surface area contributed by atoms with Crippen molar-refractivity contribution in [2.45, 2.75) is 20.3 Å². The molecule has 160 valence electrons. The highest BCUT2D eigenvalue weighted by atomic mass is 16.5. The second kappa shape index (κ2) is 9.16. The average Bonchev–Trinajstić information content (AvgIpc) is 3.23. The minimum atomic E-state index is -0.549. The zero-order valence-corrected chi connectivity index (χ0v) is 17.9. The Labute approximate surface area is 182 Å². The van der Waals surface area contributed by atoms with Crippen molar-refractivity contribution in [3.05, 3.63) is 72.4 Å². The van der Waals surface area contributed by atoms with E-state index in [2.05, 4.69) is 18.9 Å². The van der Waals surface area contributed by atoms with Crippen molar-refractivity contribution in [1.29, 1.82) is 0 Å². The summed E-state index contributed by atoms with van der Waals surface area (Å²) in [5, 5.41) is 4.63. The Bertz CT molecular complexity index is 1040. The quantitative estimate of drug-likeness (QED) is 0.584. The molecule has 1 aromatic heterocycles. The van der Waals surface area contributed by atoms with Gasteiger partial charge in [-0.3, -0.25) is 4.79 Å². The summed E-state index contributed by atoms with van der Waals surface area (Å²) >= 11 is 0. The van der Waals surface area contributed by atoms with Crippen molar-refractivity contribution in [3.63, 3.8) is 0 Å². The van der Waals surface area contributed by atoms with Crippen LogP contribution in [0.4, 0.5) is 0 Å². The van der Waals surface area contributed by atoms with Crippen LogP contribution in [0.1, 0.15) is 30.6 Å². The molecule has 0 aliphatic carbocycles. The number of nitrogens with zero attached hydrogens (tertiary/aromatic N) is 3. The van der Waals surface area contributed by atoms with Gasteiger partial charge in [0.2, 0.25) is 0 Å². The van der Waals surface area contributed by atoms with Crippen LogP contribution in [0, 0.1) is 11.8 Å². The monoisotopic (exact) mass is 417 g/mol. The van der Waals surface area contributed by atoms with E-state index in [0.717, 1.165) is 17.7 Å². The van der Waals surface area contributed by atoms with Crippen molar-refractivity contribution >= 4 is 11.9 Å². The number of ether oxygens (including phenoxy) is 1. The van der Waals surface area contributed by atoms with Crippen LogP contribution in [0.2, 0.25) is 0 Å². The second-order valence-electron chi connectivity index (χ2n) is 8.36. The topological polar surface area (TPSA) is 64.4 Å². The molecule has 3 aromatic rings. The van der Waals surface area contributed by atoms with E-state index in [1.807, 2.05) is 60.7 Å². The lowest BCUT2D eigenvalue weighted by Gasteiger charge is -2.34. The zero-order chi connectivity index (χ0) is 21.8. The summed E-state index contributed by atoms with van der Waals surface area (Å²) in [5.74, 6) is 0.213. The first-order valence-corrected chi connectivity index (χ1v) is 10.7. The number of hydrogen-bond donors (Lipinski definition) is 0. The average molecular weight is 418 g/mol. The fraction of sp³-hybridized carbons (Fsp3) is 0.320.